The summed E-state index contributed by atoms with van der Waals surface area (Å²) in [5, 5.41) is 9.10. The van der Waals surface area contributed by atoms with Crippen molar-refractivity contribution >= 4 is 16.0 Å². The Morgan fingerprint density at radius 1 is 1.39 bits per heavy atom. The summed E-state index contributed by atoms with van der Waals surface area (Å²) in [6.45, 7) is 5.25. The number of benzene rings is 1. The van der Waals surface area contributed by atoms with Crippen LogP contribution in [-0.4, -0.2) is 50.1 Å². The van der Waals surface area contributed by atoms with Gasteiger partial charge in [-0.2, -0.15) is 0 Å². The monoisotopic (exact) mass is 340 g/mol. The summed E-state index contributed by atoms with van der Waals surface area (Å²) in [6.07, 6.45) is 1.79. The average molecular weight is 340 g/mol. The fourth-order valence-corrected chi connectivity index (χ4v) is 3.92. The van der Waals surface area contributed by atoms with Crippen LogP contribution in [0.5, 0.6) is 0 Å². The molecule has 0 spiro atoms. The van der Waals surface area contributed by atoms with Crippen LogP contribution in [0.15, 0.2) is 29.2 Å². The Hall–Kier alpha value is -1.44. The molecule has 0 bridgehead atoms. The highest BCUT2D eigenvalue weighted by atomic mass is 32.2. The highest BCUT2D eigenvalue weighted by Gasteiger charge is 2.28. The first-order valence-corrected chi connectivity index (χ1v) is 9.31. The van der Waals surface area contributed by atoms with E-state index >= 15 is 0 Å². The SMILES string of the molecule is Cc1ccc(S(=O)(=O)NC[C@@H]2CCCN([C@H](C)C(=O)O)C2)cc1. The summed E-state index contributed by atoms with van der Waals surface area (Å²) in [6, 6.07) is 6.19. The van der Waals surface area contributed by atoms with Gasteiger partial charge in [0.2, 0.25) is 10.0 Å². The lowest BCUT2D eigenvalue weighted by molar-refractivity contribution is -0.143. The first kappa shape index (κ1) is 17.9. The van der Waals surface area contributed by atoms with Crippen molar-refractivity contribution in [2.24, 2.45) is 5.92 Å². The number of carboxylic acids is 1. The molecule has 2 atom stereocenters. The van der Waals surface area contributed by atoms with Crippen LogP contribution < -0.4 is 4.72 Å². The molecule has 1 aliphatic rings. The molecule has 1 saturated heterocycles. The molecule has 0 unspecified atom stereocenters. The van der Waals surface area contributed by atoms with E-state index in [9.17, 15) is 13.2 Å². The minimum absolute atomic E-state index is 0.130. The zero-order valence-corrected chi connectivity index (χ0v) is 14.3. The zero-order valence-electron chi connectivity index (χ0n) is 13.5. The van der Waals surface area contributed by atoms with Crippen molar-refractivity contribution in [3.63, 3.8) is 0 Å². The van der Waals surface area contributed by atoms with Gasteiger partial charge < -0.3 is 5.11 Å². The molecule has 1 fully saturated rings. The van der Waals surface area contributed by atoms with Crippen molar-refractivity contribution in [2.75, 3.05) is 19.6 Å². The van der Waals surface area contributed by atoms with Gasteiger partial charge in [-0.1, -0.05) is 17.7 Å². The van der Waals surface area contributed by atoms with Crippen LogP contribution in [0.1, 0.15) is 25.3 Å². The first-order valence-electron chi connectivity index (χ1n) is 7.83. The van der Waals surface area contributed by atoms with E-state index in [0.29, 0.717) is 13.1 Å². The third-order valence-electron chi connectivity index (χ3n) is 4.35. The fourth-order valence-electron chi connectivity index (χ4n) is 2.80. The topological polar surface area (TPSA) is 86.7 Å². The van der Waals surface area contributed by atoms with Crippen molar-refractivity contribution < 1.29 is 18.3 Å². The molecule has 128 valence electrons. The van der Waals surface area contributed by atoms with Gasteiger partial charge in [0, 0.05) is 13.1 Å². The Kier molecular flexibility index (Phi) is 5.78. The average Bonchev–Trinajstić information content (AvgIpc) is 2.53. The zero-order chi connectivity index (χ0) is 17.0. The fraction of sp³-hybridized carbons (Fsp3) is 0.562. The molecule has 2 rings (SSSR count). The lowest BCUT2D eigenvalue weighted by Crippen LogP contribution is -2.47. The quantitative estimate of drug-likeness (QED) is 0.819. The number of carbonyl (C=O) groups is 1. The molecule has 1 aliphatic heterocycles. The number of hydrogen-bond donors (Lipinski definition) is 2. The lowest BCUT2D eigenvalue weighted by Gasteiger charge is -2.35. The van der Waals surface area contributed by atoms with Crippen LogP contribution in [0.25, 0.3) is 0 Å². The highest BCUT2D eigenvalue weighted by Crippen LogP contribution is 2.19. The lowest BCUT2D eigenvalue weighted by atomic mass is 9.97. The summed E-state index contributed by atoms with van der Waals surface area (Å²) < 4.78 is 27.2. The van der Waals surface area contributed by atoms with Crippen LogP contribution in [0.3, 0.4) is 0 Å². The van der Waals surface area contributed by atoms with Gasteiger partial charge in [0.1, 0.15) is 6.04 Å². The van der Waals surface area contributed by atoms with Crippen molar-refractivity contribution in [1.29, 1.82) is 0 Å². The molecule has 0 amide bonds. The number of nitrogens with zero attached hydrogens (tertiary/aromatic N) is 1. The highest BCUT2D eigenvalue weighted by molar-refractivity contribution is 7.89. The predicted octanol–water partition coefficient (Wildman–Crippen LogP) is 1.46. The minimum Gasteiger partial charge on any atom is -0.480 e. The molecular formula is C16H24N2O4S. The molecule has 0 saturated carbocycles. The van der Waals surface area contributed by atoms with Crippen LogP contribution in [0.4, 0.5) is 0 Å². The first-order chi connectivity index (χ1) is 10.8. The predicted molar refractivity (Wildman–Crippen MR) is 87.8 cm³/mol. The van der Waals surface area contributed by atoms with E-state index in [-0.39, 0.29) is 10.8 Å². The molecule has 2 N–H and O–H groups in total. The van der Waals surface area contributed by atoms with E-state index < -0.39 is 22.0 Å². The summed E-state index contributed by atoms with van der Waals surface area (Å²) in [5.41, 5.74) is 1.01. The second-order valence-electron chi connectivity index (χ2n) is 6.18. The third kappa shape index (κ3) is 4.76. The third-order valence-corrected chi connectivity index (χ3v) is 5.79. The van der Waals surface area contributed by atoms with Gasteiger partial charge in [-0.3, -0.25) is 9.69 Å². The number of aryl methyl sites for hydroxylation is 1. The van der Waals surface area contributed by atoms with E-state index in [1.165, 1.54) is 0 Å². The number of sulfonamides is 1. The normalized spacial score (nSPS) is 21.0. The van der Waals surface area contributed by atoms with Gasteiger partial charge in [-0.25, -0.2) is 13.1 Å². The van der Waals surface area contributed by atoms with Gasteiger partial charge in [-0.15, -0.1) is 0 Å². The van der Waals surface area contributed by atoms with Gasteiger partial charge in [0.05, 0.1) is 4.90 Å². The van der Waals surface area contributed by atoms with Crippen molar-refractivity contribution in [2.45, 2.75) is 37.6 Å². The Labute approximate surface area is 137 Å². The molecule has 1 heterocycles. The number of likely N-dealkylation sites (tertiary alicyclic amines) is 1. The van der Waals surface area contributed by atoms with Crippen LogP contribution >= 0.6 is 0 Å². The van der Waals surface area contributed by atoms with E-state index in [4.69, 9.17) is 5.11 Å². The second kappa shape index (κ2) is 7.42. The van der Waals surface area contributed by atoms with Gasteiger partial charge in [-0.05, 0) is 51.3 Å². The summed E-state index contributed by atoms with van der Waals surface area (Å²) in [7, 11) is -3.52. The number of hydrogen-bond acceptors (Lipinski definition) is 4. The molecule has 0 radical (unpaired) electrons. The van der Waals surface area contributed by atoms with Crippen molar-refractivity contribution in [1.82, 2.24) is 9.62 Å². The Morgan fingerprint density at radius 3 is 2.65 bits per heavy atom. The van der Waals surface area contributed by atoms with Gasteiger partial charge in [0.25, 0.3) is 0 Å². The number of nitrogens with one attached hydrogen (secondary N) is 1. The van der Waals surface area contributed by atoms with E-state index in [1.807, 2.05) is 11.8 Å². The van der Waals surface area contributed by atoms with Crippen LogP contribution in [0.2, 0.25) is 0 Å². The molecule has 0 aromatic heterocycles. The number of rotatable bonds is 6. The smallest absolute Gasteiger partial charge is 0.320 e. The Morgan fingerprint density at radius 2 is 2.04 bits per heavy atom. The number of carboxylic acid groups (broad SMARTS) is 1. The van der Waals surface area contributed by atoms with Crippen LogP contribution in [0, 0.1) is 12.8 Å². The molecular weight excluding hydrogens is 316 g/mol. The molecule has 23 heavy (non-hydrogen) atoms. The van der Waals surface area contributed by atoms with E-state index in [0.717, 1.165) is 24.9 Å². The maximum Gasteiger partial charge on any atom is 0.320 e. The van der Waals surface area contributed by atoms with Gasteiger partial charge >= 0.3 is 5.97 Å². The summed E-state index contributed by atoms with van der Waals surface area (Å²) in [4.78, 5) is 13.2. The van der Waals surface area contributed by atoms with Crippen LogP contribution in [-0.2, 0) is 14.8 Å². The largest absolute Gasteiger partial charge is 0.480 e. The van der Waals surface area contributed by atoms with Crippen molar-refractivity contribution in [3.8, 4) is 0 Å². The summed E-state index contributed by atoms with van der Waals surface area (Å²) >= 11 is 0. The van der Waals surface area contributed by atoms with Gasteiger partial charge in [0.15, 0.2) is 0 Å². The molecule has 7 heteroatoms. The molecule has 6 nitrogen and oxygen atoms in total. The van der Waals surface area contributed by atoms with E-state index in [1.54, 1.807) is 31.2 Å². The maximum atomic E-state index is 12.3. The van der Waals surface area contributed by atoms with E-state index in [2.05, 4.69) is 4.72 Å². The molecule has 1 aromatic carbocycles. The minimum atomic E-state index is -3.52. The maximum absolute atomic E-state index is 12.3. The molecule has 1 aromatic rings. The number of piperidine rings is 1. The standard InChI is InChI=1S/C16H24N2O4S/c1-12-5-7-15(8-6-12)23(21,22)17-10-14-4-3-9-18(11-14)13(2)16(19)20/h5-8,13-14,17H,3-4,9-11H2,1-2H3,(H,19,20)/t13-,14+/m1/s1. The second-order valence-corrected chi connectivity index (χ2v) is 7.95. The number of aliphatic carboxylic acids is 1. The van der Waals surface area contributed by atoms with Crippen molar-refractivity contribution in [3.05, 3.63) is 29.8 Å². The Balaban J connectivity index is 1.94. The molecule has 0 aliphatic carbocycles. The Bertz CT molecular complexity index is 643. The summed E-state index contributed by atoms with van der Waals surface area (Å²) in [5.74, 6) is -0.711.